The molecule has 0 aliphatic heterocycles. The third-order valence-electron chi connectivity index (χ3n) is 2.16. The summed E-state index contributed by atoms with van der Waals surface area (Å²) in [6.45, 7) is 0. The van der Waals surface area contributed by atoms with E-state index in [1.165, 1.54) is 18.2 Å². The Bertz CT molecular complexity index is 604. The summed E-state index contributed by atoms with van der Waals surface area (Å²) in [5.74, 6) is -0.228. The van der Waals surface area contributed by atoms with Crippen LogP contribution in [-0.2, 0) is 0 Å². The van der Waals surface area contributed by atoms with Gasteiger partial charge in [0.25, 0.3) is 5.91 Å². The number of phenolic OH excluding ortho intramolecular Hbond substituents is 1. The van der Waals surface area contributed by atoms with Crippen LogP contribution in [0, 0.1) is 0 Å². The number of aromatic nitrogens is 1. The number of amides is 1. The summed E-state index contributed by atoms with van der Waals surface area (Å²) in [5.41, 5.74) is 0.140. The van der Waals surface area contributed by atoms with Crippen LogP contribution in [0.15, 0.2) is 41.0 Å². The maximum Gasteiger partial charge on any atom is 0.260 e. The number of anilines is 1. The van der Waals surface area contributed by atoms with Crippen LogP contribution in [0.1, 0.15) is 10.4 Å². The molecule has 2 rings (SSSR count). The summed E-state index contributed by atoms with van der Waals surface area (Å²) < 4.78 is 0.612. The molecule has 92 valence electrons. The standard InChI is InChI=1S/C12H8BrClN2O2/c13-10-2-1-3-11(15-10)16-12(18)8-5-4-7(14)6-9(8)17/h1-6,17H,(H,15,16,18). The summed E-state index contributed by atoms with van der Waals surface area (Å²) in [4.78, 5) is 16.0. The van der Waals surface area contributed by atoms with Gasteiger partial charge < -0.3 is 10.4 Å². The summed E-state index contributed by atoms with van der Waals surface area (Å²) in [6, 6.07) is 9.43. The number of carbonyl (C=O) groups excluding carboxylic acids is 1. The van der Waals surface area contributed by atoms with Crippen molar-refractivity contribution in [1.82, 2.24) is 4.98 Å². The Morgan fingerprint density at radius 1 is 1.33 bits per heavy atom. The Balaban J connectivity index is 2.22. The van der Waals surface area contributed by atoms with Crippen molar-refractivity contribution in [2.24, 2.45) is 0 Å². The molecule has 6 heteroatoms. The van der Waals surface area contributed by atoms with Gasteiger partial charge in [-0.2, -0.15) is 0 Å². The number of rotatable bonds is 2. The fourth-order valence-electron chi connectivity index (χ4n) is 1.36. The highest BCUT2D eigenvalue weighted by Crippen LogP contribution is 2.22. The third kappa shape index (κ3) is 3.00. The topological polar surface area (TPSA) is 62.2 Å². The Morgan fingerprint density at radius 2 is 2.11 bits per heavy atom. The van der Waals surface area contributed by atoms with Gasteiger partial charge in [0, 0.05) is 5.02 Å². The Labute approximate surface area is 117 Å². The second kappa shape index (κ2) is 5.37. The van der Waals surface area contributed by atoms with Gasteiger partial charge in [0.15, 0.2) is 0 Å². The van der Waals surface area contributed by atoms with E-state index in [4.69, 9.17) is 11.6 Å². The number of nitrogens with zero attached hydrogens (tertiary/aromatic N) is 1. The van der Waals surface area contributed by atoms with E-state index in [1.807, 2.05) is 0 Å². The largest absolute Gasteiger partial charge is 0.507 e. The van der Waals surface area contributed by atoms with E-state index in [1.54, 1.807) is 18.2 Å². The van der Waals surface area contributed by atoms with Crippen LogP contribution >= 0.6 is 27.5 Å². The second-order valence-electron chi connectivity index (χ2n) is 3.46. The highest BCUT2D eigenvalue weighted by molar-refractivity contribution is 9.10. The van der Waals surface area contributed by atoms with Crippen LogP contribution in [0.4, 0.5) is 5.82 Å². The molecule has 1 aromatic carbocycles. The number of benzene rings is 1. The molecule has 0 radical (unpaired) electrons. The quantitative estimate of drug-likeness (QED) is 0.830. The van der Waals surface area contributed by atoms with Crippen molar-refractivity contribution in [2.75, 3.05) is 5.32 Å². The summed E-state index contributed by atoms with van der Waals surface area (Å²) in [7, 11) is 0. The molecule has 0 atom stereocenters. The first-order valence-electron chi connectivity index (χ1n) is 4.98. The molecule has 1 amide bonds. The van der Waals surface area contributed by atoms with Crippen molar-refractivity contribution in [3.05, 3.63) is 51.6 Å². The molecule has 0 bridgehead atoms. The highest BCUT2D eigenvalue weighted by atomic mass is 79.9. The van der Waals surface area contributed by atoms with Gasteiger partial charge in [-0.15, -0.1) is 0 Å². The van der Waals surface area contributed by atoms with Gasteiger partial charge in [-0.3, -0.25) is 4.79 Å². The molecular formula is C12H8BrClN2O2. The highest BCUT2D eigenvalue weighted by Gasteiger charge is 2.12. The van der Waals surface area contributed by atoms with Crippen LogP contribution in [0.3, 0.4) is 0 Å². The minimum Gasteiger partial charge on any atom is -0.507 e. The fraction of sp³-hybridized carbons (Fsp3) is 0. The van der Waals surface area contributed by atoms with E-state index < -0.39 is 5.91 Å². The normalized spacial score (nSPS) is 10.1. The van der Waals surface area contributed by atoms with Gasteiger partial charge >= 0.3 is 0 Å². The Kier molecular flexibility index (Phi) is 3.84. The number of aromatic hydroxyl groups is 1. The van der Waals surface area contributed by atoms with Crippen molar-refractivity contribution < 1.29 is 9.90 Å². The first-order valence-corrected chi connectivity index (χ1v) is 6.16. The van der Waals surface area contributed by atoms with E-state index in [2.05, 4.69) is 26.2 Å². The molecule has 4 nitrogen and oxygen atoms in total. The zero-order chi connectivity index (χ0) is 13.1. The predicted molar refractivity (Wildman–Crippen MR) is 73.0 cm³/mol. The minimum absolute atomic E-state index is 0.140. The molecule has 0 aliphatic rings. The molecule has 0 saturated carbocycles. The molecule has 0 aliphatic carbocycles. The average molecular weight is 328 g/mol. The molecule has 1 heterocycles. The molecule has 0 unspecified atom stereocenters. The number of carbonyl (C=O) groups is 1. The van der Waals surface area contributed by atoms with Gasteiger partial charge in [-0.25, -0.2) is 4.98 Å². The molecule has 2 aromatic rings. The van der Waals surface area contributed by atoms with E-state index >= 15 is 0 Å². The molecule has 2 N–H and O–H groups in total. The van der Waals surface area contributed by atoms with E-state index in [-0.39, 0.29) is 11.3 Å². The lowest BCUT2D eigenvalue weighted by Crippen LogP contribution is -2.13. The second-order valence-corrected chi connectivity index (χ2v) is 4.71. The van der Waals surface area contributed by atoms with Crippen molar-refractivity contribution in [3.8, 4) is 5.75 Å². The fourth-order valence-corrected chi connectivity index (χ4v) is 1.87. The van der Waals surface area contributed by atoms with Crippen molar-refractivity contribution in [1.29, 1.82) is 0 Å². The lowest BCUT2D eigenvalue weighted by atomic mass is 10.2. The molecule has 18 heavy (non-hydrogen) atoms. The SMILES string of the molecule is O=C(Nc1cccc(Br)n1)c1ccc(Cl)cc1O. The summed E-state index contributed by atoms with van der Waals surface area (Å²) >= 11 is 8.90. The number of hydrogen-bond acceptors (Lipinski definition) is 3. The van der Waals surface area contributed by atoms with Crippen LogP contribution in [0.5, 0.6) is 5.75 Å². The number of hydrogen-bond donors (Lipinski definition) is 2. The first kappa shape index (κ1) is 12.9. The lowest BCUT2D eigenvalue weighted by Gasteiger charge is -2.06. The Morgan fingerprint density at radius 3 is 2.78 bits per heavy atom. The zero-order valence-corrected chi connectivity index (χ0v) is 11.4. The smallest absolute Gasteiger partial charge is 0.260 e. The van der Waals surface area contributed by atoms with Gasteiger partial charge in [0.1, 0.15) is 16.2 Å². The molecule has 0 fully saturated rings. The van der Waals surface area contributed by atoms with Gasteiger partial charge in [-0.05, 0) is 46.3 Å². The molecule has 0 saturated heterocycles. The Hall–Kier alpha value is -1.59. The predicted octanol–water partition coefficient (Wildman–Crippen LogP) is 3.46. The van der Waals surface area contributed by atoms with Gasteiger partial charge in [0.2, 0.25) is 0 Å². The summed E-state index contributed by atoms with van der Waals surface area (Å²) in [6.07, 6.45) is 0. The lowest BCUT2D eigenvalue weighted by molar-refractivity contribution is 0.102. The number of pyridine rings is 1. The maximum atomic E-state index is 11.9. The molecular weight excluding hydrogens is 320 g/mol. The van der Waals surface area contributed by atoms with Crippen LogP contribution < -0.4 is 5.32 Å². The zero-order valence-electron chi connectivity index (χ0n) is 9.02. The van der Waals surface area contributed by atoms with Gasteiger partial charge in [-0.1, -0.05) is 17.7 Å². The van der Waals surface area contributed by atoms with E-state index in [0.717, 1.165) is 0 Å². The maximum absolute atomic E-state index is 11.9. The number of halogens is 2. The van der Waals surface area contributed by atoms with Crippen molar-refractivity contribution in [3.63, 3.8) is 0 Å². The van der Waals surface area contributed by atoms with Crippen LogP contribution in [-0.4, -0.2) is 16.0 Å². The summed E-state index contributed by atoms with van der Waals surface area (Å²) in [5, 5.41) is 12.6. The number of phenols is 1. The van der Waals surface area contributed by atoms with Crippen LogP contribution in [0.2, 0.25) is 5.02 Å². The average Bonchev–Trinajstić information content (AvgIpc) is 2.28. The van der Waals surface area contributed by atoms with Gasteiger partial charge in [0.05, 0.1) is 5.56 Å². The minimum atomic E-state index is -0.449. The molecule has 1 aromatic heterocycles. The van der Waals surface area contributed by atoms with E-state index in [0.29, 0.717) is 15.4 Å². The third-order valence-corrected chi connectivity index (χ3v) is 2.84. The molecule has 0 spiro atoms. The monoisotopic (exact) mass is 326 g/mol. The van der Waals surface area contributed by atoms with Crippen LogP contribution in [0.25, 0.3) is 0 Å². The van der Waals surface area contributed by atoms with Crippen molar-refractivity contribution in [2.45, 2.75) is 0 Å². The number of nitrogens with one attached hydrogen (secondary N) is 1. The van der Waals surface area contributed by atoms with Crippen molar-refractivity contribution >= 4 is 39.3 Å². The first-order chi connectivity index (χ1) is 8.56. The van der Waals surface area contributed by atoms with E-state index in [9.17, 15) is 9.90 Å².